The summed E-state index contributed by atoms with van der Waals surface area (Å²) in [5, 5.41) is 12.8. The molecule has 1 aromatic heterocycles. The lowest BCUT2D eigenvalue weighted by molar-refractivity contribution is 0.628. The molecular weight excluding hydrogens is 233 g/mol. The summed E-state index contributed by atoms with van der Waals surface area (Å²) >= 11 is 0. The van der Waals surface area contributed by atoms with Gasteiger partial charge in [-0.15, -0.1) is 0 Å². The fourth-order valence-electron chi connectivity index (χ4n) is 1.64. The predicted octanol–water partition coefficient (Wildman–Crippen LogP) is 1.65. The highest BCUT2D eigenvalue weighted by molar-refractivity contribution is 5.59. The van der Waals surface area contributed by atoms with Crippen LogP contribution in [0.1, 0.15) is 5.56 Å². The summed E-state index contributed by atoms with van der Waals surface area (Å²) in [6.45, 7) is 0. The molecule has 0 saturated carbocycles. The minimum absolute atomic E-state index is 0.0311. The van der Waals surface area contributed by atoms with E-state index in [4.69, 9.17) is 5.26 Å². The molecule has 2 rings (SSSR count). The molecule has 0 aliphatic rings. The molecule has 2 aromatic rings. The SMILES string of the molecule is Cn1nc(-c2ccc(F)cc2)cc(CC#N)c1=O. The Bertz CT molecular complexity index is 668. The van der Waals surface area contributed by atoms with E-state index in [2.05, 4.69) is 5.10 Å². The molecule has 1 heterocycles. The van der Waals surface area contributed by atoms with E-state index in [-0.39, 0.29) is 17.8 Å². The molecule has 0 fully saturated rings. The quantitative estimate of drug-likeness (QED) is 0.805. The first-order valence-electron chi connectivity index (χ1n) is 5.32. The first-order valence-corrected chi connectivity index (χ1v) is 5.32. The molecule has 1 aromatic carbocycles. The van der Waals surface area contributed by atoms with Crippen LogP contribution in [0.5, 0.6) is 0 Å². The van der Waals surface area contributed by atoms with Crippen molar-refractivity contribution in [3.05, 3.63) is 52.1 Å². The van der Waals surface area contributed by atoms with Gasteiger partial charge in [-0.1, -0.05) is 0 Å². The molecule has 5 heteroatoms. The van der Waals surface area contributed by atoms with E-state index in [1.54, 1.807) is 18.2 Å². The lowest BCUT2D eigenvalue weighted by Gasteiger charge is -2.05. The van der Waals surface area contributed by atoms with Crippen molar-refractivity contribution in [2.24, 2.45) is 7.05 Å². The Labute approximate surface area is 103 Å². The van der Waals surface area contributed by atoms with Gasteiger partial charge in [0.15, 0.2) is 0 Å². The van der Waals surface area contributed by atoms with Crippen molar-refractivity contribution >= 4 is 0 Å². The van der Waals surface area contributed by atoms with Crippen LogP contribution in [-0.4, -0.2) is 9.78 Å². The van der Waals surface area contributed by atoms with E-state index in [0.29, 0.717) is 16.8 Å². The van der Waals surface area contributed by atoms with Crippen LogP contribution >= 0.6 is 0 Å². The zero-order chi connectivity index (χ0) is 13.1. The molecule has 18 heavy (non-hydrogen) atoms. The van der Waals surface area contributed by atoms with E-state index in [1.165, 1.54) is 23.9 Å². The summed E-state index contributed by atoms with van der Waals surface area (Å²) in [5.74, 6) is -0.333. The van der Waals surface area contributed by atoms with Gasteiger partial charge in [-0.2, -0.15) is 10.4 Å². The van der Waals surface area contributed by atoms with Crippen LogP contribution < -0.4 is 5.56 Å². The number of rotatable bonds is 2. The van der Waals surface area contributed by atoms with Gasteiger partial charge in [-0.3, -0.25) is 4.79 Å². The highest BCUT2D eigenvalue weighted by atomic mass is 19.1. The van der Waals surface area contributed by atoms with Crippen LogP contribution in [0.3, 0.4) is 0 Å². The molecule has 0 N–H and O–H groups in total. The van der Waals surface area contributed by atoms with Gasteiger partial charge >= 0.3 is 0 Å². The van der Waals surface area contributed by atoms with Crippen molar-refractivity contribution in [3.63, 3.8) is 0 Å². The van der Waals surface area contributed by atoms with E-state index in [9.17, 15) is 9.18 Å². The summed E-state index contributed by atoms with van der Waals surface area (Å²) < 4.78 is 14.0. The molecule has 0 bridgehead atoms. The van der Waals surface area contributed by atoms with Gasteiger partial charge in [0.25, 0.3) is 5.56 Å². The minimum Gasteiger partial charge on any atom is -0.267 e. The second-order valence-corrected chi connectivity index (χ2v) is 3.83. The Morgan fingerprint density at radius 2 is 2.06 bits per heavy atom. The van der Waals surface area contributed by atoms with E-state index in [1.807, 2.05) is 6.07 Å². The molecule has 90 valence electrons. The van der Waals surface area contributed by atoms with Gasteiger partial charge in [0.1, 0.15) is 5.82 Å². The monoisotopic (exact) mass is 243 g/mol. The predicted molar refractivity (Wildman–Crippen MR) is 64.2 cm³/mol. The average Bonchev–Trinajstić information content (AvgIpc) is 2.36. The lowest BCUT2D eigenvalue weighted by atomic mass is 10.1. The van der Waals surface area contributed by atoms with Crippen LogP contribution in [-0.2, 0) is 13.5 Å². The third-order valence-corrected chi connectivity index (χ3v) is 2.55. The number of hydrogen-bond donors (Lipinski definition) is 0. The number of halogens is 1. The third kappa shape index (κ3) is 2.28. The van der Waals surface area contributed by atoms with Crippen molar-refractivity contribution in [3.8, 4) is 17.3 Å². The fourth-order valence-corrected chi connectivity index (χ4v) is 1.64. The second kappa shape index (κ2) is 4.80. The highest BCUT2D eigenvalue weighted by Gasteiger charge is 2.07. The van der Waals surface area contributed by atoms with Crippen molar-refractivity contribution in [2.45, 2.75) is 6.42 Å². The maximum Gasteiger partial charge on any atom is 0.270 e. The average molecular weight is 243 g/mol. The van der Waals surface area contributed by atoms with E-state index >= 15 is 0 Å². The number of nitriles is 1. The summed E-state index contributed by atoms with van der Waals surface area (Å²) in [6, 6.07) is 9.32. The van der Waals surface area contributed by atoms with Crippen LogP contribution in [0.4, 0.5) is 4.39 Å². The number of hydrogen-bond acceptors (Lipinski definition) is 3. The highest BCUT2D eigenvalue weighted by Crippen LogP contribution is 2.16. The minimum atomic E-state index is -0.333. The molecule has 0 unspecified atom stereocenters. The summed E-state index contributed by atoms with van der Waals surface area (Å²) in [5.41, 5.74) is 1.34. The van der Waals surface area contributed by atoms with Crippen LogP contribution in [0, 0.1) is 17.1 Å². The first-order chi connectivity index (χ1) is 8.61. The molecule has 0 atom stereocenters. The van der Waals surface area contributed by atoms with Crippen molar-refractivity contribution in [1.29, 1.82) is 5.26 Å². The standard InChI is InChI=1S/C13H10FN3O/c1-17-13(18)10(6-7-15)8-12(16-17)9-2-4-11(14)5-3-9/h2-5,8H,6H2,1H3. The van der Waals surface area contributed by atoms with E-state index in [0.717, 1.165) is 0 Å². The lowest BCUT2D eigenvalue weighted by Crippen LogP contribution is -2.23. The van der Waals surface area contributed by atoms with Crippen molar-refractivity contribution in [2.75, 3.05) is 0 Å². The molecule has 0 amide bonds. The molecule has 0 spiro atoms. The van der Waals surface area contributed by atoms with Gasteiger partial charge in [-0.05, 0) is 30.3 Å². The zero-order valence-electron chi connectivity index (χ0n) is 9.72. The van der Waals surface area contributed by atoms with Gasteiger partial charge in [-0.25, -0.2) is 9.07 Å². The molecule has 0 saturated heterocycles. The fraction of sp³-hybridized carbons (Fsp3) is 0.154. The number of benzene rings is 1. The topological polar surface area (TPSA) is 58.7 Å². The second-order valence-electron chi connectivity index (χ2n) is 3.83. The van der Waals surface area contributed by atoms with Crippen molar-refractivity contribution in [1.82, 2.24) is 9.78 Å². The maximum absolute atomic E-state index is 12.8. The Kier molecular flexibility index (Phi) is 3.20. The Morgan fingerprint density at radius 1 is 1.39 bits per heavy atom. The van der Waals surface area contributed by atoms with Crippen LogP contribution in [0.15, 0.2) is 35.1 Å². The van der Waals surface area contributed by atoms with Gasteiger partial charge in [0.05, 0.1) is 18.2 Å². The Balaban J connectivity index is 2.56. The molecule has 0 aliphatic heterocycles. The number of nitrogens with zero attached hydrogens (tertiary/aromatic N) is 3. The van der Waals surface area contributed by atoms with Crippen molar-refractivity contribution < 1.29 is 4.39 Å². The van der Waals surface area contributed by atoms with Crippen LogP contribution in [0.25, 0.3) is 11.3 Å². The van der Waals surface area contributed by atoms with Gasteiger partial charge in [0.2, 0.25) is 0 Å². The largest absolute Gasteiger partial charge is 0.270 e. The molecule has 0 radical (unpaired) electrons. The number of aryl methyl sites for hydroxylation is 1. The molecular formula is C13H10FN3O. The Hall–Kier alpha value is -2.48. The smallest absolute Gasteiger partial charge is 0.267 e. The maximum atomic E-state index is 12.8. The number of aromatic nitrogens is 2. The zero-order valence-corrected chi connectivity index (χ0v) is 9.72. The van der Waals surface area contributed by atoms with E-state index < -0.39 is 0 Å². The first kappa shape index (κ1) is 12.0. The Morgan fingerprint density at radius 3 is 2.67 bits per heavy atom. The summed E-state index contributed by atoms with van der Waals surface area (Å²) in [7, 11) is 1.52. The summed E-state index contributed by atoms with van der Waals surface area (Å²) in [4.78, 5) is 11.7. The normalized spacial score (nSPS) is 10.1. The van der Waals surface area contributed by atoms with Gasteiger partial charge in [0, 0.05) is 18.2 Å². The summed E-state index contributed by atoms with van der Waals surface area (Å²) in [6.07, 6.45) is 0.0311. The van der Waals surface area contributed by atoms with Gasteiger partial charge < -0.3 is 0 Å². The van der Waals surface area contributed by atoms with Crippen LogP contribution in [0.2, 0.25) is 0 Å². The molecule has 0 aliphatic carbocycles. The molecule has 4 nitrogen and oxygen atoms in total. The third-order valence-electron chi connectivity index (χ3n) is 2.55.